The van der Waals surface area contributed by atoms with Crippen LogP contribution in [0.1, 0.15) is 29.8 Å². The Bertz CT molecular complexity index is 703. The first-order chi connectivity index (χ1) is 11.0. The zero-order valence-electron chi connectivity index (χ0n) is 13.7. The number of piperidine rings is 1. The zero-order valence-corrected chi connectivity index (χ0v) is 13.7. The van der Waals surface area contributed by atoms with Crippen molar-refractivity contribution in [3.63, 3.8) is 0 Å². The highest BCUT2D eigenvalue weighted by Gasteiger charge is 2.19. The van der Waals surface area contributed by atoms with Gasteiger partial charge in [-0.1, -0.05) is 0 Å². The number of likely N-dealkylation sites (tertiary alicyclic amines) is 1. The maximum absolute atomic E-state index is 10.2. The van der Waals surface area contributed by atoms with Gasteiger partial charge in [0.1, 0.15) is 5.75 Å². The van der Waals surface area contributed by atoms with Crippen molar-refractivity contribution in [2.45, 2.75) is 39.3 Å². The third kappa shape index (κ3) is 3.68. The van der Waals surface area contributed by atoms with Crippen molar-refractivity contribution >= 4 is 0 Å². The number of hydrogen-bond acceptors (Lipinski definition) is 5. The molecule has 0 radical (unpaired) electrons. The molecule has 1 fully saturated rings. The van der Waals surface area contributed by atoms with Gasteiger partial charge in [-0.15, -0.1) is 0 Å². The fourth-order valence-electron chi connectivity index (χ4n) is 3.09. The van der Waals surface area contributed by atoms with Crippen LogP contribution in [-0.4, -0.2) is 44.3 Å². The molecule has 1 atom stereocenters. The van der Waals surface area contributed by atoms with Crippen molar-refractivity contribution in [1.29, 1.82) is 0 Å². The van der Waals surface area contributed by atoms with Gasteiger partial charge in [0.2, 0.25) is 0 Å². The van der Waals surface area contributed by atoms with Crippen LogP contribution in [0.2, 0.25) is 0 Å². The van der Waals surface area contributed by atoms with Gasteiger partial charge in [0.25, 0.3) is 0 Å². The second kappa shape index (κ2) is 6.64. The minimum atomic E-state index is -0.265. The van der Waals surface area contributed by atoms with Crippen LogP contribution in [0.15, 0.2) is 24.4 Å². The molecule has 5 heteroatoms. The Morgan fingerprint density at radius 2 is 2.13 bits per heavy atom. The number of phenolic OH excluding ortho intramolecular Hbond substituents is 1. The summed E-state index contributed by atoms with van der Waals surface area (Å²) < 4.78 is 0. The van der Waals surface area contributed by atoms with Gasteiger partial charge in [-0.2, -0.15) is 0 Å². The maximum atomic E-state index is 10.2. The highest BCUT2D eigenvalue weighted by Crippen LogP contribution is 2.28. The Hall–Kier alpha value is -1.98. The molecule has 3 rings (SSSR count). The van der Waals surface area contributed by atoms with E-state index in [-0.39, 0.29) is 11.9 Å². The number of aromatic hydroxyl groups is 1. The summed E-state index contributed by atoms with van der Waals surface area (Å²) >= 11 is 0. The van der Waals surface area contributed by atoms with E-state index in [0.29, 0.717) is 13.1 Å². The Kier molecular flexibility index (Phi) is 4.59. The third-order valence-corrected chi connectivity index (χ3v) is 4.30. The van der Waals surface area contributed by atoms with Crippen molar-refractivity contribution < 1.29 is 10.2 Å². The molecule has 0 aliphatic carbocycles. The Labute approximate surface area is 136 Å². The lowest BCUT2D eigenvalue weighted by Crippen LogP contribution is -2.37. The number of hydrogen-bond donors (Lipinski definition) is 2. The summed E-state index contributed by atoms with van der Waals surface area (Å²) in [5.74, 6) is 0.284. The molecule has 1 aliphatic rings. The smallest absolute Gasteiger partial charge is 0.120 e. The second-order valence-electron chi connectivity index (χ2n) is 6.32. The van der Waals surface area contributed by atoms with Gasteiger partial charge in [0, 0.05) is 30.4 Å². The lowest BCUT2D eigenvalue weighted by atomic mass is 10.0. The van der Waals surface area contributed by atoms with E-state index >= 15 is 0 Å². The van der Waals surface area contributed by atoms with Crippen LogP contribution in [-0.2, 0) is 6.54 Å². The summed E-state index contributed by atoms with van der Waals surface area (Å²) in [4.78, 5) is 11.1. The predicted octanol–water partition coefficient (Wildman–Crippen LogP) is 2.42. The molecule has 2 N–H and O–H groups in total. The number of aliphatic hydroxyl groups excluding tert-OH is 1. The first-order valence-electron chi connectivity index (χ1n) is 8.06. The van der Waals surface area contributed by atoms with Crippen molar-refractivity contribution in [2.75, 3.05) is 13.1 Å². The fraction of sp³-hybridized carbons (Fsp3) is 0.444. The van der Waals surface area contributed by atoms with Crippen molar-refractivity contribution in [1.82, 2.24) is 14.9 Å². The average Bonchev–Trinajstić information content (AvgIpc) is 2.52. The molecular formula is C18H23N3O2. The summed E-state index contributed by atoms with van der Waals surface area (Å²) in [6.45, 7) is 6.10. The minimum absolute atomic E-state index is 0.265. The summed E-state index contributed by atoms with van der Waals surface area (Å²) in [7, 11) is 0. The molecule has 23 heavy (non-hydrogen) atoms. The Morgan fingerprint density at radius 1 is 1.30 bits per heavy atom. The van der Waals surface area contributed by atoms with E-state index in [0.717, 1.165) is 47.6 Å². The number of nitrogens with zero attached hydrogens (tertiary/aromatic N) is 3. The van der Waals surface area contributed by atoms with Crippen LogP contribution in [0.5, 0.6) is 5.75 Å². The van der Waals surface area contributed by atoms with E-state index in [4.69, 9.17) is 0 Å². The van der Waals surface area contributed by atoms with E-state index in [1.165, 1.54) is 0 Å². The summed E-state index contributed by atoms with van der Waals surface area (Å²) in [5, 5.41) is 20.0. The largest absolute Gasteiger partial charge is 0.508 e. The predicted molar refractivity (Wildman–Crippen MR) is 89.1 cm³/mol. The minimum Gasteiger partial charge on any atom is -0.508 e. The SMILES string of the molecule is Cc1cnc(C)c(-c2ccc(O)c(CN3CCC[C@H](O)C3)c2)n1. The van der Waals surface area contributed by atoms with Crippen LogP contribution in [0, 0.1) is 13.8 Å². The molecule has 2 aromatic rings. The second-order valence-corrected chi connectivity index (χ2v) is 6.32. The standard InChI is InChI=1S/C18H23N3O2/c1-12-9-19-13(2)18(20-12)14-5-6-17(23)15(8-14)10-21-7-3-4-16(22)11-21/h5-6,8-9,16,22-23H,3-4,7,10-11H2,1-2H3/t16-/m0/s1. The summed E-state index contributed by atoms with van der Waals surface area (Å²) in [6.07, 6.45) is 3.35. The molecule has 122 valence electrons. The Morgan fingerprint density at radius 3 is 2.91 bits per heavy atom. The zero-order chi connectivity index (χ0) is 16.4. The molecule has 1 aromatic heterocycles. The van der Waals surface area contributed by atoms with Gasteiger partial charge in [-0.3, -0.25) is 9.88 Å². The Balaban J connectivity index is 1.88. The quantitative estimate of drug-likeness (QED) is 0.911. The highest BCUT2D eigenvalue weighted by molar-refractivity contribution is 5.64. The molecule has 5 nitrogen and oxygen atoms in total. The molecule has 0 amide bonds. The maximum Gasteiger partial charge on any atom is 0.120 e. The summed E-state index contributed by atoms with van der Waals surface area (Å²) in [6, 6.07) is 5.57. The number of aliphatic hydroxyl groups is 1. The average molecular weight is 313 g/mol. The van der Waals surface area contributed by atoms with Crippen LogP contribution >= 0.6 is 0 Å². The van der Waals surface area contributed by atoms with E-state index in [2.05, 4.69) is 14.9 Å². The monoisotopic (exact) mass is 313 g/mol. The topological polar surface area (TPSA) is 69.5 Å². The van der Waals surface area contributed by atoms with Crippen molar-refractivity contribution in [3.05, 3.63) is 41.3 Å². The van der Waals surface area contributed by atoms with E-state index in [9.17, 15) is 10.2 Å². The van der Waals surface area contributed by atoms with Crippen LogP contribution in [0.3, 0.4) is 0 Å². The lowest BCUT2D eigenvalue weighted by molar-refractivity contribution is 0.0664. The van der Waals surface area contributed by atoms with Gasteiger partial charge in [-0.05, 0) is 51.4 Å². The van der Waals surface area contributed by atoms with Crippen LogP contribution in [0.4, 0.5) is 0 Å². The number of aryl methyl sites for hydroxylation is 2. The first-order valence-corrected chi connectivity index (χ1v) is 8.06. The number of aromatic nitrogens is 2. The summed E-state index contributed by atoms with van der Waals surface area (Å²) in [5.41, 5.74) is 4.42. The molecule has 2 heterocycles. The molecule has 0 unspecified atom stereocenters. The van der Waals surface area contributed by atoms with Crippen LogP contribution in [0.25, 0.3) is 11.3 Å². The first kappa shape index (κ1) is 15.9. The normalized spacial score (nSPS) is 19.0. The van der Waals surface area contributed by atoms with Gasteiger partial charge in [0.05, 0.1) is 23.2 Å². The van der Waals surface area contributed by atoms with Crippen LogP contribution < -0.4 is 0 Å². The van der Waals surface area contributed by atoms with Crippen molar-refractivity contribution in [3.8, 4) is 17.0 Å². The van der Waals surface area contributed by atoms with Gasteiger partial charge in [0.15, 0.2) is 0 Å². The fourth-order valence-corrected chi connectivity index (χ4v) is 3.09. The van der Waals surface area contributed by atoms with Gasteiger partial charge in [-0.25, -0.2) is 4.98 Å². The van der Waals surface area contributed by atoms with E-state index < -0.39 is 0 Å². The molecule has 1 saturated heterocycles. The number of phenols is 1. The molecule has 0 spiro atoms. The molecule has 0 bridgehead atoms. The van der Waals surface area contributed by atoms with E-state index in [1.54, 1.807) is 12.3 Å². The number of β-amino-alcohol motifs (C(OH)–C–C–N with tert-alkyl or cyclic N) is 1. The third-order valence-electron chi connectivity index (χ3n) is 4.30. The highest BCUT2D eigenvalue weighted by atomic mass is 16.3. The van der Waals surface area contributed by atoms with Crippen molar-refractivity contribution in [2.24, 2.45) is 0 Å². The van der Waals surface area contributed by atoms with Gasteiger partial charge >= 0.3 is 0 Å². The molecule has 1 aromatic carbocycles. The lowest BCUT2D eigenvalue weighted by Gasteiger charge is -2.30. The number of rotatable bonds is 3. The molecule has 0 saturated carbocycles. The van der Waals surface area contributed by atoms with E-state index in [1.807, 2.05) is 26.0 Å². The molecule has 1 aliphatic heterocycles. The number of benzene rings is 1. The molecular weight excluding hydrogens is 290 g/mol. The van der Waals surface area contributed by atoms with Gasteiger partial charge < -0.3 is 10.2 Å².